The predicted octanol–water partition coefficient (Wildman–Crippen LogP) is 3.54. The zero-order chi connectivity index (χ0) is 24.3. The van der Waals surface area contributed by atoms with E-state index in [9.17, 15) is 13.2 Å². The van der Waals surface area contributed by atoms with Crippen LogP contribution in [0.5, 0.6) is 11.5 Å². The summed E-state index contributed by atoms with van der Waals surface area (Å²) in [5.74, 6) is 0.531. The molecule has 3 aromatic carbocycles. The van der Waals surface area contributed by atoms with Crippen LogP contribution in [0.15, 0.2) is 77.7 Å². The topological polar surface area (TPSA) is 93.7 Å². The van der Waals surface area contributed by atoms with E-state index in [-0.39, 0.29) is 23.3 Å². The van der Waals surface area contributed by atoms with Gasteiger partial charge in [-0.3, -0.25) is 4.79 Å². The van der Waals surface area contributed by atoms with Crippen LogP contribution in [0.1, 0.15) is 35.6 Å². The van der Waals surface area contributed by atoms with Crippen molar-refractivity contribution >= 4 is 15.9 Å². The molecular formula is C27H28N2O5S. The normalized spacial score (nSPS) is 17.8. The summed E-state index contributed by atoms with van der Waals surface area (Å²) in [5.41, 5.74) is 3.18. The molecule has 0 saturated heterocycles. The second-order valence-electron chi connectivity index (χ2n) is 8.82. The molecule has 0 spiro atoms. The zero-order valence-electron chi connectivity index (χ0n) is 19.3. The Morgan fingerprint density at radius 2 is 1.69 bits per heavy atom. The lowest BCUT2D eigenvalue weighted by Crippen LogP contribution is -2.49. The van der Waals surface area contributed by atoms with Gasteiger partial charge in [0.25, 0.3) is 0 Å². The van der Waals surface area contributed by atoms with Gasteiger partial charge in [-0.1, -0.05) is 54.6 Å². The van der Waals surface area contributed by atoms with E-state index in [0.29, 0.717) is 24.7 Å². The fourth-order valence-corrected chi connectivity index (χ4v) is 5.87. The van der Waals surface area contributed by atoms with Crippen LogP contribution >= 0.6 is 0 Å². The fourth-order valence-electron chi connectivity index (χ4n) is 4.66. The monoisotopic (exact) mass is 492 g/mol. The summed E-state index contributed by atoms with van der Waals surface area (Å²) in [6, 6.07) is 20.8. The molecule has 1 amide bonds. The lowest BCUT2D eigenvalue weighted by molar-refractivity contribution is -0.123. The molecule has 1 heterocycles. The van der Waals surface area contributed by atoms with Gasteiger partial charge in [0.1, 0.15) is 19.3 Å². The van der Waals surface area contributed by atoms with Crippen LogP contribution in [-0.4, -0.2) is 33.6 Å². The van der Waals surface area contributed by atoms with E-state index < -0.39 is 16.1 Å². The summed E-state index contributed by atoms with van der Waals surface area (Å²) >= 11 is 0. The van der Waals surface area contributed by atoms with Gasteiger partial charge in [-0.25, -0.2) is 8.42 Å². The first-order chi connectivity index (χ1) is 17.0. The molecule has 0 radical (unpaired) electrons. The van der Waals surface area contributed by atoms with Crippen molar-refractivity contribution in [2.24, 2.45) is 0 Å². The molecule has 5 rings (SSSR count). The van der Waals surface area contributed by atoms with Crippen LogP contribution in [-0.2, 0) is 27.7 Å². The van der Waals surface area contributed by atoms with Crippen molar-refractivity contribution in [1.82, 2.24) is 10.0 Å². The Bertz CT molecular complexity index is 1310. The number of hydrogen-bond donors (Lipinski definition) is 2. The first-order valence-corrected chi connectivity index (χ1v) is 13.3. The van der Waals surface area contributed by atoms with E-state index in [4.69, 9.17) is 9.47 Å². The third kappa shape index (κ3) is 5.33. The average Bonchev–Trinajstić information content (AvgIpc) is 2.89. The molecule has 1 aliphatic heterocycles. The average molecular weight is 493 g/mol. The number of carbonyl (C=O) groups excluding carboxylic acids is 1. The van der Waals surface area contributed by atoms with Crippen molar-refractivity contribution in [1.29, 1.82) is 0 Å². The first kappa shape index (κ1) is 23.4. The lowest BCUT2D eigenvalue weighted by Gasteiger charge is -2.28. The number of aryl methyl sites for hydroxylation is 1. The molecule has 1 unspecified atom stereocenters. The molecule has 2 atom stereocenters. The van der Waals surface area contributed by atoms with Crippen molar-refractivity contribution in [3.05, 3.63) is 89.5 Å². The second-order valence-corrected chi connectivity index (χ2v) is 10.5. The van der Waals surface area contributed by atoms with Crippen LogP contribution in [0.25, 0.3) is 0 Å². The smallest absolute Gasteiger partial charge is 0.241 e. The van der Waals surface area contributed by atoms with Gasteiger partial charge in [0.15, 0.2) is 11.5 Å². The Morgan fingerprint density at radius 3 is 2.51 bits per heavy atom. The molecule has 0 fully saturated rings. The number of amides is 1. The van der Waals surface area contributed by atoms with Gasteiger partial charge in [0, 0.05) is 6.07 Å². The molecule has 8 heteroatoms. The van der Waals surface area contributed by atoms with Crippen LogP contribution in [0.3, 0.4) is 0 Å². The summed E-state index contributed by atoms with van der Waals surface area (Å²) in [7, 11) is -4.01. The zero-order valence-corrected chi connectivity index (χ0v) is 20.1. The largest absolute Gasteiger partial charge is 0.486 e. The van der Waals surface area contributed by atoms with Crippen molar-refractivity contribution in [2.75, 3.05) is 13.2 Å². The molecule has 2 N–H and O–H groups in total. The van der Waals surface area contributed by atoms with Gasteiger partial charge < -0.3 is 14.8 Å². The summed E-state index contributed by atoms with van der Waals surface area (Å²) in [6.07, 6.45) is 2.99. The summed E-state index contributed by atoms with van der Waals surface area (Å²) in [4.78, 5) is 13.5. The number of carbonyl (C=O) groups is 1. The van der Waals surface area contributed by atoms with Crippen LogP contribution < -0.4 is 19.5 Å². The number of fused-ring (bicyclic) bond motifs is 2. The number of nitrogens with one attached hydrogen (secondary N) is 2. The van der Waals surface area contributed by atoms with Crippen LogP contribution in [0.4, 0.5) is 0 Å². The Kier molecular flexibility index (Phi) is 6.74. The third-order valence-corrected chi connectivity index (χ3v) is 7.88. The van der Waals surface area contributed by atoms with Crippen LogP contribution in [0, 0.1) is 0 Å². The van der Waals surface area contributed by atoms with Gasteiger partial charge in [-0.2, -0.15) is 4.72 Å². The molecule has 3 aromatic rings. The number of benzene rings is 3. The maximum Gasteiger partial charge on any atom is 0.241 e. The number of rotatable bonds is 7. The minimum Gasteiger partial charge on any atom is -0.486 e. The van der Waals surface area contributed by atoms with E-state index in [2.05, 4.69) is 16.1 Å². The lowest BCUT2D eigenvalue weighted by atomic mass is 9.87. The SMILES string of the molecule is O=C(NC1CCCc2ccccc21)[C@H](Cc1ccccc1)NS(=O)(=O)c1ccc2c(c1)OCCO2. The number of hydrogen-bond acceptors (Lipinski definition) is 5. The third-order valence-electron chi connectivity index (χ3n) is 6.41. The molecule has 182 valence electrons. The minimum atomic E-state index is -4.01. The highest BCUT2D eigenvalue weighted by atomic mass is 32.2. The molecule has 0 saturated carbocycles. The van der Waals surface area contributed by atoms with Gasteiger partial charge in [0.2, 0.25) is 15.9 Å². The fraction of sp³-hybridized carbons (Fsp3) is 0.296. The molecular weight excluding hydrogens is 464 g/mol. The summed E-state index contributed by atoms with van der Waals surface area (Å²) in [5, 5.41) is 3.11. The van der Waals surface area contributed by atoms with E-state index in [0.717, 1.165) is 30.4 Å². The number of sulfonamides is 1. The van der Waals surface area contributed by atoms with Gasteiger partial charge in [-0.15, -0.1) is 0 Å². The molecule has 1 aliphatic carbocycles. The quantitative estimate of drug-likeness (QED) is 0.526. The van der Waals surface area contributed by atoms with Gasteiger partial charge in [0.05, 0.1) is 10.9 Å². The Balaban J connectivity index is 1.40. The number of ether oxygens (including phenoxy) is 2. The van der Waals surface area contributed by atoms with E-state index >= 15 is 0 Å². The van der Waals surface area contributed by atoms with E-state index in [1.165, 1.54) is 17.7 Å². The predicted molar refractivity (Wildman–Crippen MR) is 132 cm³/mol. The molecule has 0 aromatic heterocycles. The summed E-state index contributed by atoms with van der Waals surface area (Å²) < 4.78 is 40.3. The Morgan fingerprint density at radius 1 is 0.943 bits per heavy atom. The highest BCUT2D eigenvalue weighted by Gasteiger charge is 2.30. The van der Waals surface area contributed by atoms with Crippen molar-refractivity contribution in [3.8, 4) is 11.5 Å². The van der Waals surface area contributed by atoms with Crippen LogP contribution in [0.2, 0.25) is 0 Å². The first-order valence-electron chi connectivity index (χ1n) is 11.8. The maximum absolute atomic E-state index is 13.5. The van der Waals surface area contributed by atoms with E-state index in [1.54, 1.807) is 6.07 Å². The molecule has 2 aliphatic rings. The maximum atomic E-state index is 13.5. The standard InChI is InChI=1S/C27H28N2O5S/c30-27(28-23-12-6-10-20-9-4-5-11-22(20)23)24(17-19-7-2-1-3-8-19)29-35(31,32)21-13-14-25-26(18-21)34-16-15-33-25/h1-5,7-9,11,13-14,18,23-24,29H,6,10,12,15-17H2,(H,28,30)/t23?,24-/m0/s1. The van der Waals surface area contributed by atoms with Crippen molar-refractivity contribution in [2.45, 2.75) is 42.7 Å². The minimum absolute atomic E-state index is 0.0237. The van der Waals surface area contributed by atoms with Crippen molar-refractivity contribution < 1.29 is 22.7 Å². The van der Waals surface area contributed by atoms with Gasteiger partial charge in [-0.05, 0) is 54.5 Å². The molecule has 0 bridgehead atoms. The second kappa shape index (κ2) is 10.1. The molecule has 7 nitrogen and oxygen atoms in total. The Labute approximate surface area is 205 Å². The highest BCUT2D eigenvalue weighted by molar-refractivity contribution is 7.89. The van der Waals surface area contributed by atoms with E-state index in [1.807, 2.05) is 48.5 Å². The highest BCUT2D eigenvalue weighted by Crippen LogP contribution is 2.32. The van der Waals surface area contributed by atoms with Gasteiger partial charge >= 0.3 is 0 Å². The summed E-state index contributed by atoms with van der Waals surface area (Å²) in [6.45, 7) is 0.771. The molecule has 35 heavy (non-hydrogen) atoms. The Hall–Kier alpha value is -3.36. The van der Waals surface area contributed by atoms with Crippen molar-refractivity contribution in [3.63, 3.8) is 0 Å².